The van der Waals surface area contributed by atoms with E-state index < -0.39 is 6.10 Å². The number of aryl methyl sites for hydroxylation is 3. The highest BCUT2D eigenvalue weighted by molar-refractivity contribution is 6.00. The van der Waals surface area contributed by atoms with Gasteiger partial charge >= 0.3 is 0 Å². The number of benzene rings is 3. The Labute approximate surface area is 205 Å². The first-order chi connectivity index (χ1) is 16.8. The van der Waals surface area contributed by atoms with Crippen molar-refractivity contribution in [2.75, 3.05) is 30.0 Å². The van der Waals surface area contributed by atoms with Crippen molar-refractivity contribution in [1.29, 1.82) is 0 Å². The minimum Gasteiger partial charge on any atom is -0.492 e. The van der Waals surface area contributed by atoms with Crippen LogP contribution in [0.3, 0.4) is 0 Å². The Morgan fingerprint density at radius 2 is 1.74 bits per heavy atom. The zero-order chi connectivity index (χ0) is 24.9. The van der Waals surface area contributed by atoms with Gasteiger partial charge in [-0.05, 0) is 68.7 Å². The maximum atomic E-state index is 12.8. The summed E-state index contributed by atoms with van der Waals surface area (Å²) in [6.07, 6.45) is -0.639. The fraction of sp³-hybridized carbons (Fsp3) is 0.286. The molecule has 3 aromatic rings. The third-order valence-corrected chi connectivity index (χ3v) is 5.78. The van der Waals surface area contributed by atoms with Crippen molar-refractivity contribution >= 4 is 23.2 Å². The van der Waals surface area contributed by atoms with Gasteiger partial charge in [0.1, 0.15) is 23.9 Å². The van der Waals surface area contributed by atoms with Gasteiger partial charge in [0.25, 0.3) is 11.8 Å². The number of hydrogen-bond donors (Lipinski definition) is 1. The van der Waals surface area contributed by atoms with Gasteiger partial charge < -0.3 is 24.4 Å². The van der Waals surface area contributed by atoms with E-state index >= 15 is 0 Å². The van der Waals surface area contributed by atoms with Crippen molar-refractivity contribution in [3.8, 4) is 17.2 Å². The van der Waals surface area contributed by atoms with Crippen LogP contribution in [0.4, 0.5) is 11.4 Å². The molecule has 0 fully saturated rings. The minimum absolute atomic E-state index is 0.110. The highest BCUT2D eigenvalue weighted by Crippen LogP contribution is 2.36. The minimum atomic E-state index is -0.639. The molecule has 1 unspecified atom stereocenters. The highest BCUT2D eigenvalue weighted by atomic mass is 16.5. The maximum Gasteiger partial charge on any atom is 0.267 e. The van der Waals surface area contributed by atoms with E-state index in [-0.39, 0.29) is 18.4 Å². The van der Waals surface area contributed by atoms with Crippen LogP contribution in [0.1, 0.15) is 23.6 Å². The molecule has 7 nitrogen and oxygen atoms in total. The van der Waals surface area contributed by atoms with E-state index in [4.69, 9.17) is 14.2 Å². The molecule has 4 rings (SSSR count). The zero-order valence-electron chi connectivity index (χ0n) is 20.5. The van der Waals surface area contributed by atoms with Crippen molar-refractivity contribution in [2.45, 2.75) is 33.8 Å². The van der Waals surface area contributed by atoms with Gasteiger partial charge in [-0.1, -0.05) is 30.3 Å². The first-order valence-corrected chi connectivity index (χ1v) is 11.6. The number of carbonyl (C=O) groups is 2. The first-order valence-electron chi connectivity index (χ1n) is 11.6. The van der Waals surface area contributed by atoms with Crippen molar-refractivity contribution < 1.29 is 23.8 Å². The molecule has 0 aliphatic carbocycles. The van der Waals surface area contributed by atoms with E-state index in [0.29, 0.717) is 36.0 Å². The summed E-state index contributed by atoms with van der Waals surface area (Å²) < 4.78 is 17.4. The number of hydrogen-bond acceptors (Lipinski definition) is 5. The Morgan fingerprint density at radius 1 is 1.00 bits per heavy atom. The van der Waals surface area contributed by atoms with Crippen LogP contribution in [-0.2, 0) is 9.59 Å². The molecule has 1 N–H and O–H groups in total. The molecule has 7 heteroatoms. The smallest absolute Gasteiger partial charge is 0.267 e. The summed E-state index contributed by atoms with van der Waals surface area (Å²) in [4.78, 5) is 26.9. The molecule has 3 aromatic carbocycles. The van der Waals surface area contributed by atoms with Gasteiger partial charge in [-0.25, -0.2) is 0 Å². The fourth-order valence-corrected chi connectivity index (χ4v) is 4.04. The van der Waals surface area contributed by atoms with Crippen molar-refractivity contribution in [1.82, 2.24) is 0 Å². The van der Waals surface area contributed by atoms with E-state index in [1.54, 1.807) is 30.0 Å². The third-order valence-electron chi connectivity index (χ3n) is 5.78. The number of ether oxygens (including phenoxy) is 3. The third kappa shape index (κ3) is 5.74. The van der Waals surface area contributed by atoms with E-state index in [9.17, 15) is 9.59 Å². The van der Waals surface area contributed by atoms with Crippen molar-refractivity contribution in [3.05, 3.63) is 77.4 Å². The summed E-state index contributed by atoms with van der Waals surface area (Å²) in [5.41, 5.74) is 4.27. The molecular weight excluding hydrogens is 444 g/mol. The molecule has 1 aliphatic rings. The molecule has 0 saturated carbocycles. The molecule has 1 heterocycles. The molecule has 0 saturated heterocycles. The number of rotatable bonds is 8. The lowest BCUT2D eigenvalue weighted by Crippen LogP contribution is -2.46. The van der Waals surface area contributed by atoms with Crippen LogP contribution < -0.4 is 24.4 Å². The summed E-state index contributed by atoms with van der Waals surface area (Å²) >= 11 is 0. The molecular formula is C28H30N2O5. The van der Waals surface area contributed by atoms with Crippen LogP contribution in [0.15, 0.2) is 60.7 Å². The number of fused-ring (bicyclic) bond motifs is 1. The van der Waals surface area contributed by atoms with Gasteiger partial charge in [-0.3, -0.25) is 9.59 Å². The first kappa shape index (κ1) is 24.1. The summed E-state index contributed by atoms with van der Waals surface area (Å²) in [7, 11) is 0. The predicted octanol–water partition coefficient (Wildman–Crippen LogP) is 4.82. The van der Waals surface area contributed by atoms with Gasteiger partial charge in [0, 0.05) is 11.8 Å². The second-order valence-electron chi connectivity index (χ2n) is 8.66. The Bertz CT molecular complexity index is 1220. The Balaban J connectivity index is 1.40. The van der Waals surface area contributed by atoms with E-state index in [2.05, 4.69) is 5.32 Å². The zero-order valence-corrected chi connectivity index (χ0v) is 20.5. The van der Waals surface area contributed by atoms with Gasteiger partial charge in [0.2, 0.25) is 0 Å². The van der Waals surface area contributed by atoms with Crippen LogP contribution >= 0.6 is 0 Å². The standard InChI is InChI=1S/C28H30N2O5/c1-18-7-5-10-23(15-18)33-14-13-30-24-12-11-22(16-25(24)35-21(4)28(30)32)29-26(31)17-34-27-19(2)8-6-9-20(27)3/h5-12,15-16,21H,13-14,17H2,1-4H3,(H,29,31). The molecule has 2 amide bonds. The van der Waals surface area contributed by atoms with Crippen molar-refractivity contribution in [3.63, 3.8) is 0 Å². The van der Waals surface area contributed by atoms with Gasteiger partial charge in [-0.2, -0.15) is 0 Å². The lowest BCUT2D eigenvalue weighted by Gasteiger charge is -2.33. The number of nitrogens with zero attached hydrogens (tertiary/aromatic N) is 1. The predicted molar refractivity (Wildman–Crippen MR) is 136 cm³/mol. The lowest BCUT2D eigenvalue weighted by atomic mass is 10.1. The molecule has 182 valence electrons. The molecule has 1 aliphatic heterocycles. The van der Waals surface area contributed by atoms with Crippen LogP contribution in [0, 0.1) is 20.8 Å². The van der Waals surface area contributed by atoms with Crippen molar-refractivity contribution in [2.24, 2.45) is 0 Å². The average molecular weight is 475 g/mol. The monoisotopic (exact) mass is 474 g/mol. The number of anilines is 2. The largest absolute Gasteiger partial charge is 0.492 e. The topological polar surface area (TPSA) is 77.1 Å². The number of nitrogens with one attached hydrogen (secondary N) is 1. The molecule has 35 heavy (non-hydrogen) atoms. The molecule has 0 radical (unpaired) electrons. The quantitative estimate of drug-likeness (QED) is 0.506. The second kappa shape index (κ2) is 10.5. The number of amides is 2. The normalized spacial score (nSPS) is 14.7. The van der Waals surface area contributed by atoms with Crippen LogP contribution in [0.25, 0.3) is 0 Å². The van der Waals surface area contributed by atoms with E-state index in [1.165, 1.54) is 0 Å². The van der Waals surface area contributed by atoms with E-state index in [1.807, 2.05) is 63.2 Å². The molecule has 1 atom stereocenters. The molecule has 0 aromatic heterocycles. The molecule has 0 bridgehead atoms. The summed E-state index contributed by atoms with van der Waals surface area (Å²) in [6.45, 7) is 8.22. The Hall–Kier alpha value is -4.00. The van der Waals surface area contributed by atoms with Crippen LogP contribution in [0.5, 0.6) is 17.2 Å². The SMILES string of the molecule is Cc1cccc(OCCN2C(=O)C(C)Oc3cc(NC(=O)COc4c(C)cccc4C)ccc32)c1. The summed E-state index contributed by atoms with van der Waals surface area (Å²) in [6, 6.07) is 18.9. The van der Waals surface area contributed by atoms with Crippen LogP contribution in [-0.4, -0.2) is 37.7 Å². The van der Waals surface area contributed by atoms with Gasteiger partial charge in [0.05, 0.1) is 12.2 Å². The van der Waals surface area contributed by atoms with Gasteiger partial charge in [-0.15, -0.1) is 0 Å². The highest BCUT2D eigenvalue weighted by Gasteiger charge is 2.31. The summed E-state index contributed by atoms with van der Waals surface area (Å²) in [5.74, 6) is 1.59. The fourth-order valence-electron chi connectivity index (χ4n) is 4.04. The van der Waals surface area contributed by atoms with E-state index in [0.717, 1.165) is 22.4 Å². The maximum absolute atomic E-state index is 12.8. The lowest BCUT2D eigenvalue weighted by molar-refractivity contribution is -0.125. The van der Waals surface area contributed by atoms with Gasteiger partial charge in [0.15, 0.2) is 12.7 Å². The number of para-hydroxylation sites is 1. The average Bonchev–Trinajstić information content (AvgIpc) is 2.81. The summed E-state index contributed by atoms with van der Waals surface area (Å²) in [5, 5.41) is 2.84. The number of carbonyl (C=O) groups excluding carboxylic acids is 2. The Morgan fingerprint density at radius 3 is 2.49 bits per heavy atom. The van der Waals surface area contributed by atoms with Crippen LogP contribution in [0.2, 0.25) is 0 Å². The molecule has 0 spiro atoms. The Kier molecular flexibility index (Phi) is 7.25. The second-order valence-corrected chi connectivity index (χ2v) is 8.66.